The van der Waals surface area contributed by atoms with Crippen LogP contribution in [-0.2, 0) is 7.05 Å². The van der Waals surface area contributed by atoms with Crippen LogP contribution < -0.4 is 5.32 Å². The Morgan fingerprint density at radius 1 is 1.38 bits per heavy atom. The monoisotopic (exact) mass is 298 g/mol. The molecule has 21 heavy (non-hydrogen) atoms. The number of aryl methyl sites for hydroxylation is 2. The molecular formula is C15H14N4OS. The Morgan fingerprint density at radius 3 is 2.95 bits per heavy atom. The van der Waals surface area contributed by atoms with E-state index in [-0.39, 0.29) is 5.91 Å². The zero-order valence-corrected chi connectivity index (χ0v) is 12.5. The van der Waals surface area contributed by atoms with Gasteiger partial charge in [-0.05, 0) is 19.1 Å². The van der Waals surface area contributed by atoms with E-state index in [9.17, 15) is 4.79 Å². The van der Waals surface area contributed by atoms with E-state index in [0.717, 1.165) is 17.1 Å². The molecule has 0 bridgehead atoms. The number of carbonyl (C=O) groups is 1. The van der Waals surface area contributed by atoms with E-state index in [1.54, 1.807) is 12.3 Å². The molecule has 2 heterocycles. The van der Waals surface area contributed by atoms with Crippen LogP contribution in [0, 0.1) is 6.92 Å². The summed E-state index contributed by atoms with van der Waals surface area (Å²) >= 11 is 1.39. The SMILES string of the molecule is Cc1cccc(C(=O)Nc2nc(-c3nccn3C)cs2)c1. The first-order valence-electron chi connectivity index (χ1n) is 6.45. The molecule has 1 amide bonds. The molecule has 1 N–H and O–H groups in total. The lowest BCUT2D eigenvalue weighted by molar-refractivity contribution is 0.102. The van der Waals surface area contributed by atoms with Crippen LogP contribution in [0.15, 0.2) is 42.0 Å². The van der Waals surface area contributed by atoms with Crippen molar-refractivity contribution in [2.75, 3.05) is 5.32 Å². The molecule has 0 unspecified atom stereocenters. The largest absolute Gasteiger partial charge is 0.333 e. The average Bonchev–Trinajstić information content (AvgIpc) is 3.07. The Labute approximate surface area is 126 Å². The van der Waals surface area contributed by atoms with Crippen molar-refractivity contribution in [2.45, 2.75) is 6.92 Å². The molecule has 106 valence electrons. The van der Waals surface area contributed by atoms with Crippen LogP contribution in [0.3, 0.4) is 0 Å². The van der Waals surface area contributed by atoms with E-state index >= 15 is 0 Å². The number of nitrogens with zero attached hydrogens (tertiary/aromatic N) is 3. The van der Waals surface area contributed by atoms with Crippen molar-refractivity contribution < 1.29 is 4.79 Å². The summed E-state index contributed by atoms with van der Waals surface area (Å²) in [6, 6.07) is 7.46. The van der Waals surface area contributed by atoms with E-state index in [1.807, 2.05) is 48.3 Å². The van der Waals surface area contributed by atoms with Gasteiger partial charge in [0.15, 0.2) is 11.0 Å². The molecule has 0 fully saturated rings. The number of amides is 1. The second-order valence-corrected chi connectivity index (χ2v) is 5.58. The van der Waals surface area contributed by atoms with Gasteiger partial charge in [0, 0.05) is 30.4 Å². The van der Waals surface area contributed by atoms with Gasteiger partial charge in [-0.25, -0.2) is 9.97 Å². The van der Waals surface area contributed by atoms with Crippen molar-refractivity contribution in [3.8, 4) is 11.5 Å². The van der Waals surface area contributed by atoms with Gasteiger partial charge in [0.1, 0.15) is 5.69 Å². The normalized spacial score (nSPS) is 10.6. The molecule has 3 aromatic rings. The summed E-state index contributed by atoms with van der Waals surface area (Å²) in [5.74, 6) is 0.627. The molecule has 0 aliphatic heterocycles. The van der Waals surface area contributed by atoms with Crippen molar-refractivity contribution in [3.63, 3.8) is 0 Å². The molecule has 0 aliphatic rings. The zero-order chi connectivity index (χ0) is 14.8. The number of nitrogens with one attached hydrogen (secondary N) is 1. The lowest BCUT2D eigenvalue weighted by atomic mass is 10.1. The quantitative estimate of drug-likeness (QED) is 0.808. The standard InChI is InChI=1S/C15H14N4OS/c1-10-4-3-5-11(8-10)14(20)18-15-17-12(9-21-15)13-16-6-7-19(13)2/h3-9H,1-2H3,(H,17,18,20). The maximum Gasteiger partial charge on any atom is 0.257 e. The van der Waals surface area contributed by atoms with Gasteiger partial charge in [-0.15, -0.1) is 11.3 Å². The third-order valence-corrected chi connectivity index (χ3v) is 3.81. The smallest absolute Gasteiger partial charge is 0.257 e. The Bertz CT molecular complexity index is 790. The highest BCUT2D eigenvalue weighted by molar-refractivity contribution is 7.14. The minimum atomic E-state index is -0.153. The van der Waals surface area contributed by atoms with E-state index in [2.05, 4.69) is 15.3 Å². The van der Waals surface area contributed by atoms with Gasteiger partial charge >= 0.3 is 0 Å². The van der Waals surface area contributed by atoms with Crippen LogP contribution in [0.5, 0.6) is 0 Å². The number of benzene rings is 1. The highest BCUT2D eigenvalue weighted by atomic mass is 32.1. The highest BCUT2D eigenvalue weighted by Crippen LogP contribution is 2.23. The maximum atomic E-state index is 12.2. The first kappa shape index (κ1) is 13.5. The molecule has 6 heteroatoms. The third-order valence-electron chi connectivity index (χ3n) is 3.06. The van der Waals surface area contributed by atoms with Gasteiger partial charge in [-0.3, -0.25) is 10.1 Å². The van der Waals surface area contributed by atoms with Gasteiger partial charge in [-0.1, -0.05) is 17.7 Å². The topological polar surface area (TPSA) is 59.8 Å². The van der Waals surface area contributed by atoms with Crippen molar-refractivity contribution in [2.24, 2.45) is 7.05 Å². The summed E-state index contributed by atoms with van der Waals surface area (Å²) in [4.78, 5) is 20.8. The van der Waals surface area contributed by atoms with Crippen molar-refractivity contribution in [3.05, 3.63) is 53.2 Å². The Morgan fingerprint density at radius 2 is 2.24 bits per heavy atom. The maximum absolute atomic E-state index is 12.2. The summed E-state index contributed by atoms with van der Waals surface area (Å²) in [5, 5.41) is 5.27. The number of anilines is 1. The Hall–Kier alpha value is -2.47. The van der Waals surface area contributed by atoms with E-state index < -0.39 is 0 Å². The van der Waals surface area contributed by atoms with Gasteiger partial charge < -0.3 is 4.57 Å². The zero-order valence-electron chi connectivity index (χ0n) is 11.7. The number of hydrogen-bond donors (Lipinski definition) is 1. The minimum Gasteiger partial charge on any atom is -0.333 e. The molecule has 2 aromatic heterocycles. The van der Waals surface area contributed by atoms with Crippen molar-refractivity contribution in [1.82, 2.24) is 14.5 Å². The number of imidazole rings is 1. The summed E-state index contributed by atoms with van der Waals surface area (Å²) in [7, 11) is 1.91. The van der Waals surface area contributed by atoms with Gasteiger partial charge in [-0.2, -0.15) is 0 Å². The van der Waals surface area contributed by atoms with Crippen LogP contribution in [0.2, 0.25) is 0 Å². The summed E-state index contributed by atoms with van der Waals surface area (Å²) in [5.41, 5.74) is 2.44. The predicted molar refractivity (Wildman–Crippen MR) is 83.4 cm³/mol. The fourth-order valence-corrected chi connectivity index (χ4v) is 2.69. The molecule has 0 radical (unpaired) electrons. The summed E-state index contributed by atoms with van der Waals surface area (Å²) in [6.07, 6.45) is 3.58. The Kier molecular flexibility index (Phi) is 3.53. The predicted octanol–water partition coefficient (Wildman–Crippen LogP) is 3.10. The molecule has 5 nitrogen and oxygen atoms in total. The molecule has 0 atom stereocenters. The molecule has 1 aromatic carbocycles. The fourth-order valence-electron chi connectivity index (χ4n) is 2.00. The summed E-state index contributed by atoms with van der Waals surface area (Å²) in [6.45, 7) is 1.96. The van der Waals surface area contributed by atoms with E-state index in [0.29, 0.717) is 10.7 Å². The van der Waals surface area contributed by atoms with E-state index in [1.165, 1.54) is 11.3 Å². The van der Waals surface area contributed by atoms with Crippen LogP contribution >= 0.6 is 11.3 Å². The molecule has 0 saturated carbocycles. The molecular weight excluding hydrogens is 284 g/mol. The number of thiazole rings is 1. The van der Waals surface area contributed by atoms with Crippen LogP contribution in [0.4, 0.5) is 5.13 Å². The fraction of sp³-hybridized carbons (Fsp3) is 0.133. The first-order valence-corrected chi connectivity index (χ1v) is 7.33. The molecule has 3 rings (SSSR count). The van der Waals surface area contributed by atoms with Gasteiger partial charge in [0.2, 0.25) is 0 Å². The highest BCUT2D eigenvalue weighted by Gasteiger charge is 2.12. The first-order chi connectivity index (χ1) is 10.1. The number of carbonyl (C=O) groups excluding carboxylic acids is 1. The van der Waals surface area contributed by atoms with Gasteiger partial charge in [0.05, 0.1) is 0 Å². The second-order valence-electron chi connectivity index (χ2n) is 4.72. The molecule has 0 aliphatic carbocycles. The van der Waals surface area contributed by atoms with E-state index in [4.69, 9.17) is 0 Å². The third kappa shape index (κ3) is 2.85. The van der Waals surface area contributed by atoms with Crippen LogP contribution in [0.1, 0.15) is 15.9 Å². The number of aromatic nitrogens is 3. The minimum absolute atomic E-state index is 0.153. The van der Waals surface area contributed by atoms with Gasteiger partial charge in [0.25, 0.3) is 5.91 Å². The second kappa shape index (κ2) is 5.49. The lowest BCUT2D eigenvalue weighted by Crippen LogP contribution is -2.11. The number of hydrogen-bond acceptors (Lipinski definition) is 4. The van der Waals surface area contributed by atoms with Crippen molar-refractivity contribution in [1.29, 1.82) is 0 Å². The molecule has 0 spiro atoms. The van der Waals surface area contributed by atoms with Crippen LogP contribution in [-0.4, -0.2) is 20.4 Å². The average molecular weight is 298 g/mol. The molecule has 0 saturated heterocycles. The van der Waals surface area contributed by atoms with Crippen molar-refractivity contribution >= 4 is 22.4 Å². The number of rotatable bonds is 3. The lowest BCUT2D eigenvalue weighted by Gasteiger charge is -2.02. The summed E-state index contributed by atoms with van der Waals surface area (Å²) < 4.78 is 1.89. The van der Waals surface area contributed by atoms with Crippen LogP contribution in [0.25, 0.3) is 11.5 Å². The Balaban J connectivity index is 1.79.